The minimum absolute atomic E-state index is 0.0256. The van der Waals surface area contributed by atoms with Crippen LogP contribution in [0.25, 0.3) is 0 Å². The average molecular weight is 245 g/mol. The maximum absolute atomic E-state index is 12.9. The third-order valence-corrected chi connectivity index (χ3v) is 2.50. The lowest BCUT2D eigenvalue weighted by molar-refractivity contribution is 0.0805. The number of hydrogen-bond acceptors (Lipinski definition) is 3. The Morgan fingerprint density at radius 2 is 1.76 bits per heavy atom. The first-order valence-corrected chi connectivity index (χ1v) is 5.43. The van der Waals surface area contributed by atoms with E-state index in [0.717, 1.165) is 18.2 Å². The predicted octanol–water partition coefficient (Wildman–Crippen LogP) is 1.69. The molecule has 0 saturated heterocycles. The van der Waals surface area contributed by atoms with Crippen molar-refractivity contribution < 1.29 is 18.6 Å². The molecule has 0 spiro atoms. The van der Waals surface area contributed by atoms with Gasteiger partial charge in [0.05, 0.1) is 6.61 Å². The Bertz CT molecular complexity index is 351. The number of benzene rings is 1. The Kier molecular flexibility index (Phi) is 4.84. The zero-order chi connectivity index (χ0) is 13.0. The van der Waals surface area contributed by atoms with Crippen LogP contribution in [0, 0.1) is 17.6 Å². The Morgan fingerprint density at radius 1 is 1.24 bits per heavy atom. The van der Waals surface area contributed by atoms with Crippen molar-refractivity contribution in [3.05, 3.63) is 29.8 Å². The Morgan fingerprint density at radius 3 is 2.18 bits per heavy atom. The second-order valence-corrected chi connectivity index (χ2v) is 4.27. The fourth-order valence-corrected chi connectivity index (χ4v) is 1.44. The van der Waals surface area contributed by atoms with Crippen molar-refractivity contribution in [3.8, 4) is 5.75 Å². The molecule has 17 heavy (non-hydrogen) atoms. The zero-order valence-corrected chi connectivity index (χ0v) is 9.86. The van der Waals surface area contributed by atoms with Crippen LogP contribution < -0.4 is 10.5 Å². The molecule has 1 rings (SSSR count). The van der Waals surface area contributed by atoms with Gasteiger partial charge in [-0.25, -0.2) is 8.78 Å². The van der Waals surface area contributed by atoms with E-state index in [4.69, 9.17) is 15.6 Å². The van der Waals surface area contributed by atoms with Crippen LogP contribution in [-0.4, -0.2) is 23.9 Å². The summed E-state index contributed by atoms with van der Waals surface area (Å²) < 4.78 is 31.1. The van der Waals surface area contributed by atoms with E-state index >= 15 is 0 Å². The Labute approximate surface area is 99.2 Å². The molecule has 0 aromatic heterocycles. The van der Waals surface area contributed by atoms with Gasteiger partial charge in [-0.3, -0.25) is 0 Å². The quantitative estimate of drug-likeness (QED) is 0.830. The third kappa shape index (κ3) is 3.94. The number of aliphatic hydroxyl groups excluding tert-OH is 1. The lowest BCUT2D eigenvalue weighted by Crippen LogP contribution is -2.45. The molecule has 5 heteroatoms. The van der Waals surface area contributed by atoms with Gasteiger partial charge in [0.2, 0.25) is 0 Å². The summed E-state index contributed by atoms with van der Waals surface area (Å²) in [5.74, 6) is -1.34. The first-order valence-electron chi connectivity index (χ1n) is 5.43. The van der Waals surface area contributed by atoms with E-state index in [9.17, 15) is 8.78 Å². The summed E-state index contributed by atoms with van der Waals surface area (Å²) in [6.07, 6.45) is -0.684. The second-order valence-electron chi connectivity index (χ2n) is 4.27. The standard InChI is InChI=1S/C12H17F2NO2/c1-7(2)12(15)11(6-16)17-10-4-8(13)3-9(14)5-10/h3-5,7,11-12,16H,6,15H2,1-2H3. The van der Waals surface area contributed by atoms with Gasteiger partial charge in [-0.2, -0.15) is 0 Å². The van der Waals surface area contributed by atoms with Crippen LogP contribution in [0.3, 0.4) is 0 Å². The molecule has 0 heterocycles. The van der Waals surface area contributed by atoms with E-state index in [1.807, 2.05) is 13.8 Å². The van der Waals surface area contributed by atoms with Crippen LogP contribution >= 0.6 is 0 Å². The van der Waals surface area contributed by atoms with Crippen LogP contribution in [0.5, 0.6) is 5.75 Å². The minimum Gasteiger partial charge on any atom is -0.486 e. The Balaban J connectivity index is 2.80. The van der Waals surface area contributed by atoms with E-state index < -0.39 is 23.8 Å². The van der Waals surface area contributed by atoms with Crippen molar-refractivity contribution in [2.45, 2.75) is 26.0 Å². The maximum atomic E-state index is 12.9. The van der Waals surface area contributed by atoms with Crippen LogP contribution in [0.4, 0.5) is 8.78 Å². The second kappa shape index (κ2) is 5.93. The summed E-state index contributed by atoms with van der Waals surface area (Å²) in [7, 11) is 0. The lowest BCUT2D eigenvalue weighted by atomic mass is 10.00. The number of rotatable bonds is 5. The number of hydrogen-bond donors (Lipinski definition) is 2. The van der Waals surface area contributed by atoms with Crippen molar-refractivity contribution in [3.63, 3.8) is 0 Å². The first kappa shape index (κ1) is 13.9. The normalized spacial score (nSPS) is 14.8. The van der Waals surface area contributed by atoms with Crippen LogP contribution in [-0.2, 0) is 0 Å². The molecule has 0 bridgehead atoms. The molecule has 3 N–H and O–H groups in total. The van der Waals surface area contributed by atoms with Crippen molar-refractivity contribution in [1.29, 1.82) is 0 Å². The van der Waals surface area contributed by atoms with Crippen molar-refractivity contribution >= 4 is 0 Å². The van der Waals surface area contributed by atoms with Gasteiger partial charge in [-0.1, -0.05) is 13.8 Å². The molecule has 0 fully saturated rings. The van der Waals surface area contributed by atoms with Crippen LogP contribution in [0.2, 0.25) is 0 Å². The SMILES string of the molecule is CC(C)C(N)C(CO)Oc1cc(F)cc(F)c1. The van der Waals surface area contributed by atoms with Crippen molar-refractivity contribution in [2.75, 3.05) is 6.61 Å². The molecule has 0 radical (unpaired) electrons. The fraction of sp³-hybridized carbons (Fsp3) is 0.500. The summed E-state index contributed by atoms with van der Waals surface area (Å²) in [5, 5.41) is 9.15. The Hall–Kier alpha value is -1.20. The van der Waals surface area contributed by atoms with Crippen LogP contribution in [0.15, 0.2) is 18.2 Å². The maximum Gasteiger partial charge on any atom is 0.137 e. The highest BCUT2D eigenvalue weighted by molar-refractivity contribution is 5.24. The molecule has 0 aliphatic carbocycles. The lowest BCUT2D eigenvalue weighted by Gasteiger charge is -2.26. The number of ether oxygens (including phenoxy) is 1. The average Bonchev–Trinajstić information content (AvgIpc) is 2.23. The summed E-state index contributed by atoms with van der Waals surface area (Å²) >= 11 is 0. The van der Waals surface area contributed by atoms with Gasteiger partial charge < -0.3 is 15.6 Å². The minimum atomic E-state index is -0.727. The molecule has 0 aliphatic heterocycles. The highest BCUT2D eigenvalue weighted by Gasteiger charge is 2.22. The molecule has 0 saturated carbocycles. The van der Waals surface area contributed by atoms with Gasteiger partial charge in [0.25, 0.3) is 0 Å². The smallest absolute Gasteiger partial charge is 0.137 e. The van der Waals surface area contributed by atoms with E-state index in [1.54, 1.807) is 0 Å². The van der Waals surface area contributed by atoms with E-state index in [1.165, 1.54) is 0 Å². The monoisotopic (exact) mass is 245 g/mol. The molecule has 3 nitrogen and oxygen atoms in total. The molecule has 2 atom stereocenters. The number of halogens is 2. The highest BCUT2D eigenvalue weighted by Crippen LogP contribution is 2.18. The van der Waals surface area contributed by atoms with Crippen molar-refractivity contribution in [1.82, 2.24) is 0 Å². The predicted molar refractivity (Wildman–Crippen MR) is 60.7 cm³/mol. The molecule has 0 amide bonds. The van der Waals surface area contributed by atoms with E-state index in [0.29, 0.717) is 0 Å². The van der Waals surface area contributed by atoms with Gasteiger partial charge in [0, 0.05) is 24.2 Å². The molecular weight excluding hydrogens is 228 g/mol. The summed E-state index contributed by atoms with van der Waals surface area (Å²) in [6, 6.07) is 2.45. The number of nitrogens with two attached hydrogens (primary N) is 1. The van der Waals surface area contributed by atoms with E-state index in [-0.39, 0.29) is 18.3 Å². The van der Waals surface area contributed by atoms with Gasteiger partial charge in [-0.15, -0.1) is 0 Å². The fourth-order valence-electron chi connectivity index (χ4n) is 1.44. The van der Waals surface area contributed by atoms with E-state index in [2.05, 4.69) is 0 Å². The van der Waals surface area contributed by atoms with Gasteiger partial charge in [0.15, 0.2) is 0 Å². The summed E-state index contributed by atoms with van der Waals surface area (Å²) in [4.78, 5) is 0. The largest absolute Gasteiger partial charge is 0.486 e. The molecule has 1 aromatic rings. The highest BCUT2D eigenvalue weighted by atomic mass is 19.1. The topological polar surface area (TPSA) is 55.5 Å². The third-order valence-electron chi connectivity index (χ3n) is 2.50. The van der Waals surface area contributed by atoms with Crippen molar-refractivity contribution in [2.24, 2.45) is 11.7 Å². The first-order chi connectivity index (χ1) is 7.93. The van der Waals surface area contributed by atoms with Gasteiger partial charge in [-0.05, 0) is 5.92 Å². The van der Waals surface area contributed by atoms with Crippen LogP contribution in [0.1, 0.15) is 13.8 Å². The summed E-state index contributed by atoms with van der Waals surface area (Å²) in [5.41, 5.74) is 5.82. The summed E-state index contributed by atoms with van der Waals surface area (Å²) in [6.45, 7) is 3.45. The van der Waals surface area contributed by atoms with Gasteiger partial charge >= 0.3 is 0 Å². The molecule has 2 unspecified atom stereocenters. The molecule has 0 aliphatic rings. The molecule has 96 valence electrons. The number of aliphatic hydroxyl groups is 1. The van der Waals surface area contributed by atoms with Gasteiger partial charge in [0.1, 0.15) is 23.5 Å². The zero-order valence-electron chi connectivity index (χ0n) is 9.86. The molecule has 1 aromatic carbocycles. The molecular formula is C12H17F2NO2.